The van der Waals surface area contributed by atoms with Gasteiger partial charge in [-0.15, -0.1) is 0 Å². The van der Waals surface area contributed by atoms with Gasteiger partial charge in [0.25, 0.3) is 0 Å². The van der Waals surface area contributed by atoms with Gasteiger partial charge in [0.1, 0.15) is 35.4 Å². The van der Waals surface area contributed by atoms with Crippen LogP contribution in [0.15, 0.2) is 42.4 Å². The third-order valence-corrected chi connectivity index (χ3v) is 5.72. The molecule has 1 fully saturated rings. The molecule has 0 amide bonds. The number of anilines is 2. The number of hydrogen-bond acceptors (Lipinski definition) is 8. The molecule has 1 aliphatic heterocycles. The standard InChI is InChI=1S/C24H24ClF2N5O3/c1-31(2)8-14(12-33)9-32-10-15(11-32)35-21-6-16-19(7-20(21)34-3)28-13-29-24(16)30-18-5-4-17(26)22(25)23(18)27/h4-7,9,12-13,15H,8,10-11H2,1-3H3,(H,28,29,30). The molecule has 0 spiro atoms. The lowest BCUT2D eigenvalue weighted by atomic mass is 10.1. The molecule has 0 aliphatic carbocycles. The number of halogens is 3. The van der Waals surface area contributed by atoms with Gasteiger partial charge in [-0.25, -0.2) is 18.7 Å². The van der Waals surface area contributed by atoms with E-state index in [1.165, 1.54) is 19.5 Å². The highest BCUT2D eigenvalue weighted by Crippen LogP contribution is 2.37. The van der Waals surface area contributed by atoms with Crippen LogP contribution in [0.3, 0.4) is 0 Å². The molecule has 1 saturated heterocycles. The number of nitrogens with one attached hydrogen (secondary N) is 1. The van der Waals surface area contributed by atoms with Crippen molar-refractivity contribution in [3.63, 3.8) is 0 Å². The Labute approximate surface area is 206 Å². The molecule has 35 heavy (non-hydrogen) atoms. The fourth-order valence-electron chi connectivity index (χ4n) is 3.70. The van der Waals surface area contributed by atoms with Crippen molar-refractivity contribution in [2.75, 3.05) is 46.2 Å². The second kappa shape index (κ2) is 10.4. The van der Waals surface area contributed by atoms with Crippen LogP contribution in [0.25, 0.3) is 10.9 Å². The third-order valence-electron chi connectivity index (χ3n) is 5.38. The number of ether oxygens (including phenoxy) is 2. The van der Waals surface area contributed by atoms with E-state index in [0.29, 0.717) is 53.4 Å². The van der Waals surface area contributed by atoms with Crippen LogP contribution in [0.2, 0.25) is 5.02 Å². The fourth-order valence-corrected chi connectivity index (χ4v) is 3.87. The van der Waals surface area contributed by atoms with Crippen LogP contribution in [0.5, 0.6) is 11.5 Å². The molecule has 2 heterocycles. The first-order valence-electron chi connectivity index (χ1n) is 10.7. The van der Waals surface area contributed by atoms with Gasteiger partial charge in [0, 0.05) is 29.8 Å². The summed E-state index contributed by atoms with van der Waals surface area (Å²) >= 11 is 5.70. The number of methoxy groups -OCH3 is 1. The molecule has 0 atom stereocenters. The Kier molecular flexibility index (Phi) is 7.32. The van der Waals surface area contributed by atoms with Crippen LogP contribution in [0.4, 0.5) is 20.3 Å². The van der Waals surface area contributed by atoms with E-state index in [9.17, 15) is 13.6 Å². The molecule has 8 nitrogen and oxygen atoms in total. The minimum atomic E-state index is -0.921. The molecule has 1 aliphatic rings. The van der Waals surface area contributed by atoms with E-state index in [2.05, 4.69) is 15.3 Å². The van der Waals surface area contributed by atoms with Crippen LogP contribution < -0.4 is 14.8 Å². The Morgan fingerprint density at radius 3 is 2.71 bits per heavy atom. The largest absolute Gasteiger partial charge is 0.493 e. The number of carbonyl (C=O) groups is 1. The van der Waals surface area contributed by atoms with Gasteiger partial charge in [-0.05, 0) is 32.3 Å². The number of rotatable bonds is 9. The second-order valence-corrected chi connectivity index (χ2v) is 8.72. The molecular weight excluding hydrogens is 480 g/mol. The topological polar surface area (TPSA) is 79.8 Å². The van der Waals surface area contributed by atoms with Gasteiger partial charge in [0.05, 0.1) is 31.4 Å². The number of fused-ring (bicyclic) bond motifs is 1. The summed E-state index contributed by atoms with van der Waals surface area (Å²) in [5, 5.41) is 2.80. The predicted octanol–water partition coefficient (Wildman–Crippen LogP) is 4.02. The highest BCUT2D eigenvalue weighted by atomic mass is 35.5. The maximum atomic E-state index is 14.4. The molecule has 1 N–H and O–H groups in total. The van der Waals surface area contributed by atoms with E-state index >= 15 is 0 Å². The Morgan fingerprint density at radius 2 is 2.03 bits per heavy atom. The maximum absolute atomic E-state index is 14.4. The lowest BCUT2D eigenvalue weighted by Crippen LogP contribution is -2.51. The monoisotopic (exact) mass is 503 g/mol. The molecule has 4 rings (SSSR count). The summed E-state index contributed by atoms with van der Waals surface area (Å²) in [6.07, 6.45) is 3.89. The molecular formula is C24H24ClF2N5O3. The Bertz CT molecular complexity index is 1280. The number of aromatic nitrogens is 2. The summed E-state index contributed by atoms with van der Waals surface area (Å²) in [7, 11) is 5.33. The summed E-state index contributed by atoms with van der Waals surface area (Å²) in [6, 6.07) is 5.72. The molecule has 3 aromatic rings. The SMILES string of the molecule is COc1cc2ncnc(Nc3ccc(F)c(Cl)c3F)c2cc1OC1CN(C=C(C=O)CN(C)C)C1. The van der Waals surface area contributed by atoms with Crippen LogP contribution in [0, 0.1) is 11.6 Å². The maximum Gasteiger partial charge on any atom is 0.168 e. The molecule has 1 aromatic heterocycles. The lowest BCUT2D eigenvalue weighted by molar-refractivity contribution is -0.105. The molecule has 0 radical (unpaired) electrons. The highest BCUT2D eigenvalue weighted by Gasteiger charge is 2.28. The molecule has 0 bridgehead atoms. The molecule has 2 aromatic carbocycles. The summed E-state index contributed by atoms with van der Waals surface area (Å²) in [6.45, 7) is 1.75. The number of aldehydes is 1. The number of benzene rings is 2. The van der Waals surface area contributed by atoms with Crippen LogP contribution in [0.1, 0.15) is 0 Å². The minimum absolute atomic E-state index is 0.0279. The van der Waals surface area contributed by atoms with Crippen molar-refractivity contribution < 1.29 is 23.0 Å². The van der Waals surface area contributed by atoms with Gasteiger partial charge in [-0.1, -0.05) is 11.6 Å². The first-order valence-corrected chi connectivity index (χ1v) is 11.1. The molecule has 184 valence electrons. The van der Waals surface area contributed by atoms with Crippen molar-refractivity contribution in [3.8, 4) is 11.5 Å². The first kappa shape index (κ1) is 24.6. The minimum Gasteiger partial charge on any atom is -0.493 e. The average Bonchev–Trinajstić information content (AvgIpc) is 2.81. The van der Waals surface area contributed by atoms with Gasteiger partial charge in [-0.3, -0.25) is 4.79 Å². The Morgan fingerprint density at radius 1 is 1.26 bits per heavy atom. The van der Waals surface area contributed by atoms with Gasteiger partial charge < -0.3 is 24.6 Å². The highest BCUT2D eigenvalue weighted by molar-refractivity contribution is 6.31. The summed E-state index contributed by atoms with van der Waals surface area (Å²) < 4.78 is 39.6. The zero-order valence-corrected chi connectivity index (χ0v) is 20.1. The fraction of sp³-hybridized carbons (Fsp3) is 0.292. The quantitative estimate of drug-likeness (QED) is 0.266. The third kappa shape index (κ3) is 5.44. The molecule has 0 saturated carbocycles. The number of carbonyl (C=O) groups excluding carboxylic acids is 1. The van der Waals surface area contributed by atoms with Crippen LogP contribution in [-0.4, -0.2) is 73.0 Å². The second-order valence-electron chi connectivity index (χ2n) is 8.34. The normalized spacial score (nSPS) is 14.3. The zero-order chi connectivity index (χ0) is 25.1. The lowest BCUT2D eigenvalue weighted by Gasteiger charge is -2.39. The van der Waals surface area contributed by atoms with E-state index in [-0.39, 0.29) is 11.8 Å². The van der Waals surface area contributed by atoms with E-state index in [4.69, 9.17) is 21.1 Å². The van der Waals surface area contributed by atoms with Gasteiger partial charge >= 0.3 is 0 Å². The van der Waals surface area contributed by atoms with Crippen molar-refractivity contribution in [1.82, 2.24) is 19.8 Å². The van der Waals surface area contributed by atoms with Crippen molar-refractivity contribution in [1.29, 1.82) is 0 Å². The Balaban J connectivity index is 1.56. The smallest absolute Gasteiger partial charge is 0.168 e. The molecule has 0 unspecified atom stereocenters. The zero-order valence-electron chi connectivity index (χ0n) is 19.4. The predicted molar refractivity (Wildman–Crippen MR) is 129 cm³/mol. The van der Waals surface area contributed by atoms with Crippen molar-refractivity contribution in [2.45, 2.75) is 6.10 Å². The van der Waals surface area contributed by atoms with Crippen LogP contribution >= 0.6 is 11.6 Å². The number of likely N-dealkylation sites (tertiary alicyclic amines) is 1. The van der Waals surface area contributed by atoms with E-state index in [0.717, 1.165) is 12.4 Å². The average molecular weight is 504 g/mol. The summed E-state index contributed by atoms with van der Waals surface area (Å²) in [5.41, 5.74) is 1.19. The van der Waals surface area contributed by atoms with Gasteiger partial charge in [0.2, 0.25) is 0 Å². The van der Waals surface area contributed by atoms with E-state index in [1.54, 1.807) is 12.1 Å². The Hall–Kier alpha value is -3.50. The number of hydrogen-bond donors (Lipinski definition) is 1. The van der Waals surface area contributed by atoms with Crippen molar-refractivity contribution in [3.05, 3.63) is 59.0 Å². The molecule has 11 heteroatoms. The van der Waals surface area contributed by atoms with E-state index in [1.807, 2.05) is 30.1 Å². The van der Waals surface area contributed by atoms with Crippen LogP contribution in [-0.2, 0) is 4.79 Å². The first-order chi connectivity index (χ1) is 16.8. The van der Waals surface area contributed by atoms with E-state index < -0.39 is 16.7 Å². The summed E-state index contributed by atoms with van der Waals surface area (Å²) in [5.74, 6) is -0.535. The number of nitrogens with zero attached hydrogens (tertiary/aromatic N) is 4. The van der Waals surface area contributed by atoms with Gasteiger partial charge in [0.15, 0.2) is 17.3 Å². The number of likely N-dealkylation sites (N-methyl/N-ethyl adjacent to an activating group) is 1. The summed E-state index contributed by atoms with van der Waals surface area (Å²) in [4.78, 5) is 23.7. The van der Waals surface area contributed by atoms with Crippen molar-refractivity contribution >= 4 is 40.3 Å². The van der Waals surface area contributed by atoms with Gasteiger partial charge in [-0.2, -0.15) is 0 Å². The van der Waals surface area contributed by atoms with Crippen molar-refractivity contribution in [2.24, 2.45) is 0 Å².